The van der Waals surface area contributed by atoms with Crippen molar-refractivity contribution in [1.82, 2.24) is 0 Å². The summed E-state index contributed by atoms with van der Waals surface area (Å²) in [5, 5.41) is 6.11. The third kappa shape index (κ3) is 4.23. The van der Waals surface area contributed by atoms with E-state index in [4.69, 9.17) is 4.74 Å². The van der Waals surface area contributed by atoms with Crippen LogP contribution >= 0.6 is 0 Å². The molecule has 5 nitrogen and oxygen atoms in total. The first-order valence-corrected chi connectivity index (χ1v) is 7.83. The Morgan fingerprint density at radius 2 is 1.70 bits per heavy atom. The van der Waals surface area contributed by atoms with E-state index >= 15 is 0 Å². The molecule has 0 aromatic heterocycles. The predicted octanol–water partition coefficient (Wildman–Crippen LogP) is 2.57. The molecule has 0 radical (unpaired) electrons. The minimum absolute atomic E-state index is 0.0606. The number of carbonyl (C=O) groups is 1. The maximum absolute atomic E-state index is 12.2. The van der Waals surface area contributed by atoms with Gasteiger partial charge in [-0.25, -0.2) is 0 Å². The van der Waals surface area contributed by atoms with Crippen LogP contribution in [0.4, 0.5) is 17.1 Å². The van der Waals surface area contributed by atoms with E-state index in [9.17, 15) is 4.79 Å². The Morgan fingerprint density at radius 3 is 2.48 bits per heavy atom. The smallest absolute Gasteiger partial charge is 0.243 e. The van der Waals surface area contributed by atoms with Gasteiger partial charge in [-0.05, 0) is 24.3 Å². The van der Waals surface area contributed by atoms with Gasteiger partial charge in [0, 0.05) is 18.8 Å². The molecule has 120 valence electrons. The van der Waals surface area contributed by atoms with E-state index in [2.05, 4.69) is 15.5 Å². The molecule has 1 aliphatic heterocycles. The molecule has 0 saturated carbocycles. The molecule has 1 fully saturated rings. The molecule has 2 aromatic carbocycles. The Morgan fingerprint density at radius 1 is 1.00 bits per heavy atom. The van der Waals surface area contributed by atoms with Crippen molar-refractivity contribution in [3.63, 3.8) is 0 Å². The summed E-state index contributed by atoms with van der Waals surface area (Å²) in [6.07, 6.45) is 0. The average Bonchev–Trinajstić information content (AvgIpc) is 2.62. The summed E-state index contributed by atoms with van der Waals surface area (Å²) in [5.74, 6) is -0.0606. The van der Waals surface area contributed by atoms with Gasteiger partial charge in [0.1, 0.15) is 0 Å². The van der Waals surface area contributed by atoms with Crippen LogP contribution in [0.15, 0.2) is 54.6 Å². The second-order valence-electron chi connectivity index (χ2n) is 5.38. The number of morpholine rings is 1. The van der Waals surface area contributed by atoms with Gasteiger partial charge in [0.05, 0.1) is 31.1 Å². The maximum Gasteiger partial charge on any atom is 0.243 e. The van der Waals surface area contributed by atoms with Crippen molar-refractivity contribution in [3.8, 4) is 0 Å². The molecule has 2 aromatic rings. The molecular weight excluding hydrogens is 290 g/mol. The molecule has 0 spiro atoms. The largest absolute Gasteiger partial charge is 0.378 e. The Hall–Kier alpha value is -2.53. The fraction of sp³-hybridized carbons (Fsp3) is 0.278. The highest BCUT2D eigenvalue weighted by molar-refractivity contribution is 5.96. The van der Waals surface area contributed by atoms with Crippen LogP contribution in [0.1, 0.15) is 0 Å². The second-order valence-corrected chi connectivity index (χ2v) is 5.38. The van der Waals surface area contributed by atoms with Crippen LogP contribution in [-0.4, -0.2) is 38.8 Å². The van der Waals surface area contributed by atoms with Crippen LogP contribution in [0, 0.1) is 0 Å². The van der Waals surface area contributed by atoms with Crippen LogP contribution < -0.4 is 15.5 Å². The van der Waals surface area contributed by atoms with E-state index in [0.717, 1.165) is 43.4 Å². The van der Waals surface area contributed by atoms with Crippen LogP contribution in [0.5, 0.6) is 0 Å². The van der Waals surface area contributed by atoms with Gasteiger partial charge in [0.15, 0.2) is 0 Å². The highest BCUT2D eigenvalue weighted by Gasteiger charge is 2.15. The van der Waals surface area contributed by atoms with E-state index < -0.39 is 0 Å². The predicted molar refractivity (Wildman–Crippen MR) is 93.0 cm³/mol. The first kappa shape index (κ1) is 15.4. The lowest BCUT2D eigenvalue weighted by molar-refractivity contribution is -0.114. The van der Waals surface area contributed by atoms with Crippen molar-refractivity contribution in [3.05, 3.63) is 54.6 Å². The van der Waals surface area contributed by atoms with Gasteiger partial charge in [-0.3, -0.25) is 4.79 Å². The fourth-order valence-corrected chi connectivity index (χ4v) is 2.59. The lowest BCUT2D eigenvalue weighted by Gasteiger charge is -2.30. The maximum atomic E-state index is 12.2. The fourth-order valence-electron chi connectivity index (χ4n) is 2.59. The Labute approximate surface area is 136 Å². The number of nitrogens with one attached hydrogen (secondary N) is 2. The zero-order chi connectivity index (χ0) is 15.9. The molecule has 5 heteroatoms. The summed E-state index contributed by atoms with van der Waals surface area (Å²) in [5.41, 5.74) is 2.82. The quantitative estimate of drug-likeness (QED) is 0.891. The summed E-state index contributed by atoms with van der Waals surface area (Å²) >= 11 is 0. The average molecular weight is 311 g/mol. The Bertz CT molecular complexity index is 640. The van der Waals surface area contributed by atoms with Gasteiger partial charge >= 0.3 is 0 Å². The number of amides is 1. The molecule has 1 aliphatic rings. The molecule has 1 saturated heterocycles. The van der Waals surface area contributed by atoms with Crippen molar-refractivity contribution >= 4 is 23.0 Å². The van der Waals surface area contributed by atoms with Gasteiger partial charge in [-0.15, -0.1) is 0 Å². The van der Waals surface area contributed by atoms with E-state index in [-0.39, 0.29) is 12.5 Å². The lowest BCUT2D eigenvalue weighted by Crippen LogP contribution is -2.37. The highest BCUT2D eigenvalue weighted by Crippen LogP contribution is 2.26. The molecular formula is C18H21N3O2. The van der Waals surface area contributed by atoms with Crippen LogP contribution in [0.2, 0.25) is 0 Å². The van der Waals surface area contributed by atoms with Gasteiger partial charge in [0.25, 0.3) is 0 Å². The summed E-state index contributed by atoms with van der Waals surface area (Å²) < 4.78 is 5.39. The molecule has 1 heterocycles. The summed E-state index contributed by atoms with van der Waals surface area (Å²) in [6, 6.07) is 17.6. The van der Waals surface area contributed by atoms with Gasteiger partial charge in [-0.2, -0.15) is 0 Å². The zero-order valence-corrected chi connectivity index (χ0v) is 13.0. The number of ether oxygens (including phenoxy) is 1. The molecule has 2 N–H and O–H groups in total. The zero-order valence-electron chi connectivity index (χ0n) is 13.0. The number of anilines is 3. The second kappa shape index (κ2) is 7.65. The lowest BCUT2D eigenvalue weighted by atomic mass is 10.2. The number of rotatable bonds is 5. The molecule has 23 heavy (non-hydrogen) atoms. The standard InChI is InChI=1S/C18H21N3O2/c22-18(14-19-15-6-2-1-3-7-15)20-16-8-4-5-9-17(16)21-10-12-23-13-11-21/h1-9,19H,10-14H2,(H,20,22). The number of benzene rings is 2. The molecule has 3 rings (SSSR count). The van der Waals surface area contributed by atoms with Crippen molar-refractivity contribution in [1.29, 1.82) is 0 Å². The number of carbonyl (C=O) groups excluding carboxylic acids is 1. The Balaban J connectivity index is 1.62. The number of nitrogens with zero attached hydrogens (tertiary/aromatic N) is 1. The third-order valence-electron chi connectivity index (χ3n) is 3.76. The van der Waals surface area contributed by atoms with Gasteiger partial charge in [-0.1, -0.05) is 30.3 Å². The summed E-state index contributed by atoms with van der Waals surface area (Å²) in [4.78, 5) is 14.4. The molecule has 0 bridgehead atoms. The summed E-state index contributed by atoms with van der Waals surface area (Å²) in [7, 11) is 0. The highest BCUT2D eigenvalue weighted by atomic mass is 16.5. The normalized spacial score (nSPS) is 14.3. The molecule has 0 atom stereocenters. The van der Waals surface area contributed by atoms with Crippen molar-refractivity contribution in [2.45, 2.75) is 0 Å². The minimum atomic E-state index is -0.0606. The van der Waals surface area contributed by atoms with Crippen LogP contribution in [-0.2, 0) is 9.53 Å². The van der Waals surface area contributed by atoms with Crippen molar-refractivity contribution in [2.24, 2.45) is 0 Å². The Kier molecular flexibility index (Phi) is 5.11. The van der Waals surface area contributed by atoms with Gasteiger partial charge in [0.2, 0.25) is 5.91 Å². The molecule has 0 unspecified atom stereocenters. The van der Waals surface area contributed by atoms with E-state index in [1.165, 1.54) is 0 Å². The number of hydrogen-bond acceptors (Lipinski definition) is 4. The van der Waals surface area contributed by atoms with E-state index in [0.29, 0.717) is 0 Å². The molecule has 1 amide bonds. The van der Waals surface area contributed by atoms with Crippen LogP contribution in [0.25, 0.3) is 0 Å². The first-order valence-electron chi connectivity index (χ1n) is 7.83. The van der Waals surface area contributed by atoms with E-state index in [1.54, 1.807) is 0 Å². The monoisotopic (exact) mass is 311 g/mol. The third-order valence-corrected chi connectivity index (χ3v) is 3.76. The topological polar surface area (TPSA) is 53.6 Å². The number of para-hydroxylation sites is 3. The van der Waals surface area contributed by atoms with E-state index in [1.807, 2.05) is 54.6 Å². The molecule has 0 aliphatic carbocycles. The van der Waals surface area contributed by atoms with Gasteiger partial charge < -0.3 is 20.3 Å². The number of hydrogen-bond donors (Lipinski definition) is 2. The summed E-state index contributed by atoms with van der Waals surface area (Å²) in [6.45, 7) is 3.36. The van der Waals surface area contributed by atoms with Crippen molar-refractivity contribution < 1.29 is 9.53 Å². The first-order chi connectivity index (χ1) is 11.3. The SMILES string of the molecule is O=C(CNc1ccccc1)Nc1ccccc1N1CCOCC1. The minimum Gasteiger partial charge on any atom is -0.378 e. The van der Waals surface area contributed by atoms with Crippen LogP contribution in [0.3, 0.4) is 0 Å². The van der Waals surface area contributed by atoms with Crippen molar-refractivity contribution in [2.75, 3.05) is 48.4 Å².